The van der Waals surface area contributed by atoms with Crippen molar-refractivity contribution in [3.63, 3.8) is 0 Å². The molecule has 0 radical (unpaired) electrons. The van der Waals surface area contributed by atoms with E-state index in [1.807, 2.05) is 36.4 Å². The summed E-state index contributed by atoms with van der Waals surface area (Å²) in [6, 6.07) is 16.1. The number of rotatable bonds is 7. The Morgan fingerprint density at radius 1 is 0.952 bits per heavy atom. The highest BCUT2D eigenvalue weighted by atomic mass is 16.5. The first-order valence-corrected chi connectivity index (χ1v) is 7.32. The fraction of sp³-hybridized carbons (Fsp3) is 0.333. The number of benzene rings is 2. The first kappa shape index (κ1) is 15.2. The fourth-order valence-electron chi connectivity index (χ4n) is 2.02. The first-order chi connectivity index (χ1) is 10.2. The zero-order valence-electron chi connectivity index (χ0n) is 12.9. The van der Waals surface area contributed by atoms with E-state index in [1.165, 1.54) is 5.56 Å². The van der Waals surface area contributed by atoms with Crippen LogP contribution in [-0.4, -0.2) is 19.8 Å². The van der Waals surface area contributed by atoms with Gasteiger partial charge in [0.15, 0.2) is 0 Å². The van der Waals surface area contributed by atoms with Gasteiger partial charge >= 0.3 is 0 Å². The third kappa shape index (κ3) is 4.71. The molecular formula is C18H23NO2. The second-order valence-electron chi connectivity index (χ2n) is 5.07. The van der Waals surface area contributed by atoms with Gasteiger partial charge in [0.25, 0.3) is 0 Å². The van der Waals surface area contributed by atoms with Crippen LogP contribution in [0.15, 0.2) is 48.5 Å². The molecule has 3 heteroatoms. The Labute approximate surface area is 126 Å². The van der Waals surface area contributed by atoms with Gasteiger partial charge in [0.1, 0.15) is 17.6 Å². The minimum absolute atomic E-state index is 0.148. The van der Waals surface area contributed by atoms with Gasteiger partial charge < -0.3 is 14.8 Å². The molecule has 1 unspecified atom stereocenters. The number of ether oxygens (including phenoxy) is 2. The number of hydrogen-bond acceptors (Lipinski definition) is 3. The molecule has 0 bridgehead atoms. The minimum Gasteiger partial charge on any atom is -0.497 e. The molecule has 3 nitrogen and oxygen atoms in total. The van der Waals surface area contributed by atoms with Crippen LogP contribution in [0.25, 0.3) is 0 Å². The Kier molecular flexibility index (Phi) is 5.50. The molecule has 0 aliphatic heterocycles. The van der Waals surface area contributed by atoms with Crippen molar-refractivity contribution in [2.45, 2.75) is 26.4 Å². The van der Waals surface area contributed by atoms with Gasteiger partial charge in [-0.15, -0.1) is 0 Å². The van der Waals surface area contributed by atoms with Gasteiger partial charge in [-0.2, -0.15) is 0 Å². The SMILES string of the molecule is CCC(CNc1ccc(OC)cc1)Oc1ccc(C)cc1. The molecule has 0 aliphatic carbocycles. The lowest BCUT2D eigenvalue weighted by molar-refractivity contribution is 0.210. The first-order valence-electron chi connectivity index (χ1n) is 7.32. The largest absolute Gasteiger partial charge is 0.497 e. The van der Waals surface area contributed by atoms with E-state index in [0.717, 1.165) is 30.2 Å². The van der Waals surface area contributed by atoms with Crippen LogP contribution in [0.5, 0.6) is 11.5 Å². The Hall–Kier alpha value is -2.16. The maximum atomic E-state index is 6.00. The molecule has 0 fully saturated rings. The van der Waals surface area contributed by atoms with E-state index in [-0.39, 0.29) is 6.10 Å². The average molecular weight is 285 g/mol. The molecule has 1 N–H and O–H groups in total. The van der Waals surface area contributed by atoms with Crippen molar-refractivity contribution in [3.05, 3.63) is 54.1 Å². The normalized spacial score (nSPS) is 11.8. The Balaban J connectivity index is 1.88. The van der Waals surface area contributed by atoms with Crippen molar-refractivity contribution in [2.75, 3.05) is 19.0 Å². The highest BCUT2D eigenvalue weighted by molar-refractivity contribution is 5.46. The number of aryl methyl sites for hydroxylation is 1. The van der Waals surface area contributed by atoms with Crippen molar-refractivity contribution in [1.82, 2.24) is 0 Å². The minimum atomic E-state index is 0.148. The van der Waals surface area contributed by atoms with Crippen LogP contribution in [-0.2, 0) is 0 Å². The Morgan fingerprint density at radius 2 is 1.57 bits per heavy atom. The molecule has 2 rings (SSSR count). The molecule has 0 aromatic heterocycles. The molecule has 2 aromatic rings. The van der Waals surface area contributed by atoms with Gasteiger partial charge in [0.05, 0.1) is 13.7 Å². The lowest BCUT2D eigenvalue weighted by atomic mass is 10.2. The highest BCUT2D eigenvalue weighted by Crippen LogP contribution is 2.17. The van der Waals surface area contributed by atoms with Gasteiger partial charge in [-0.25, -0.2) is 0 Å². The van der Waals surface area contributed by atoms with E-state index in [9.17, 15) is 0 Å². The lowest BCUT2D eigenvalue weighted by Crippen LogP contribution is -2.25. The fourth-order valence-corrected chi connectivity index (χ4v) is 2.02. The highest BCUT2D eigenvalue weighted by Gasteiger charge is 2.08. The summed E-state index contributed by atoms with van der Waals surface area (Å²) < 4.78 is 11.2. The van der Waals surface area contributed by atoms with Crippen LogP contribution in [0.1, 0.15) is 18.9 Å². The topological polar surface area (TPSA) is 30.5 Å². The molecule has 0 amide bonds. The summed E-state index contributed by atoms with van der Waals surface area (Å²) in [6.45, 7) is 4.98. The number of anilines is 1. The van der Waals surface area contributed by atoms with Crippen molar-refractivity contribution in [3.8, 4) is 11.5 Å². The number of hydrogen-bond donors (Lipinski definition) is 1. The van der Waals surface area contributed by atoms with Crippen LogP contribution in [0.2, 0.25) is 0 Å². The quantitative estimate of drug-likeness (QED) is 0.824. The van der Waals surface area contributed by atoms with Gasteiger partial charge in [-0.1, -0.05) is 24.6 Å². The van der Waals surface area contributed by atoms with Crippen LogP contribution in [0.3, 0.4) is 0 Å². The van der Waals surface area contributed by atoms with Crippen molar-refractivity contribution >= 4 is 5.69 Å². The maximum Gasteiger partial charge on any atom is 0.119 e. The second-order valence-corrected chi connectivity index (χ2v) is 5.07. The summed E-state index contributed by atoms with van der Waals surface area (Å²) in [5, 5.41) is 3.40. The molecule has 0 heterocycles. The summed E-state index contributed by atoms with van der Waals surface area (Å²) >= 11 is 0. The number of methoxy groups -OCH3 is 1. The van der Waals surface area contributed by atoms with Crippen LogP contribution >= 0.6 is 0 Å². The predicted molar refractivity (Wildman–Crippen MR) is 87.4 cm³/mol. The smallest absolute Gasteiger partial charge is 0.119 e. The third-order valence-electron chi connectivity index (χ3n) is 3.40. The van der Waals surface area contributed by atoms with Crippen molar-refractivity contribution < 1.29 is 9.47 Å². The molecule has 0 saturated carbocycles. The van der Waals surface area contributed by atoms with E-state index in [1.54, 1.807) is 7.11 Å². The van der Waals surface area contributed by atoms with Crippen LogP contribution in [0, 0.1) is 6.92 Å². The van der Waals surface area contributed by atoms with E-state index < -0.39 is 0 Å². The maximum absolute atomic E-state index is 6.00. The summed E-state index contributed by atoms with van der Waals surface area (Å²) in [5.74, 6) is 1.78. The van der Waals surface area contributed by atoms with Crippen LogP contribution < -0.4 is 14.8 Å². The zero-order valence-corrected chi connectivity index (χ0v) is 12.9. The van der Waals surface area contributed by atoms with Crippen molar-refractivity contribution in [1.29, 1.82) is 0 Å². The second kappa shape index (κ2) is 7.58. The van der Waals surface area contributed by atoms with E-state index in [4.69, 9.17) is 9.47 Å². The summed E-state index contributed by atoms with van der Waals surface area (Å²) in [6.07, 6.45) is 1.10. The molecule has 1 atom stereocenters. The molecular weight excluding hydrogens is 262 g/mol. The van der Waals surface area contributed by atoms with Gasteiger partial charge in [-0.05, 0) is 49.7 Å². The van der Waals surface area contributed by atoms with Crippen molar-refractivity contribution in [2.24, 2.45) is 0 Å². The monoisotopic (exact) mass is 285 g/mol. The third-order valence-corrected chi connectivity index (χ3v) is 3.40. The van der Waals surface area contributed by atoms with Gasteiger partial charge in [0, 0.05) is 5.69 Å². The summed E-state index contributed by atoms with van der Waals surface area (Å²) in [4.78, 5) is 0. The van der Waals surface area contributed by atoms with E-state index in [2.05, 4.69) is 31.3 Å². The average Bonchev–Trinajstić information content (AvgIpc) is 2.53. The van der Waals surface area contributed by atoms with E-state index in [0.29, 0.717) is 0 Å². The summed E-state index contributed by atoms with van der Waals surface area (Å²) in [5.41, 5.74) is 2.31. The van der Waals surface area contributed by atoms with Gasteiger partial charge in [-0.3, -0.25) is 0 Å². The van der Waals surface area contributed by atoms with Crippen LogP contribution in [0.4, 0.5) is 5.69 Å². The number of nitrogens with one attached hydrogen (secondary N) is 1. The molecule has 0 spiro atoms. The summed E-state index contributed by atoms with van der Waals surface area (Å²) in [7, 11) is 1.67. The Bertz CT molecular complexity index is 534. The standard InChI is InChI=1S/C18H23NO2/c1-4-16(21-18-9-5-14(2)6-10-18)13-19-15-7-11-17(20-3)12-8-15/h5-12,16,19H,4,13H2,1-3H3. The Morgan fingerprint density at radius 3 is 2.14 bits per heavy atom. The molecule has 112 valence electrons. The molecule has 21 heavy (non-hydrogen) atoms. The zero-order chi connectivity index (χ0) is 15.1. The lowest BCUT2D eigenvalue weighted by Gasteiger charge is -2.19. The van der Waals surface area contributed by atoms with Gasteiger partial charge in [0.2, 0.25) is 0 Å². The predicted octanol–water partition coefficient (Wildman–Crippen LogP) is 4.27. The molecule has 0 saturated heterocycles. The molecule has 2 aromatic carbocycles. The van der Waals surface area contributed by atoms with E-state index >= 15 is 0 Å². The molecule has 0 aliphatic rings.